The SMILES string of the molecule is Cc1cc(C(=O)COC(=O)c2ccc(COC(C)C)cc2)c(C)n1-c1nccs1. The normalized spacial score (nSPS) is 11.1. The second-order valence-corrected chi connectivity index (χ2v) is 7.86. The number of Topliss-reactive ketones (excluding diaryl/α,β-unsaturated/α-hetero) is 1. The smallest absolute Gasteiger partial charge is 0.338 e. The largest absolute Gasteiger partial charge is 0.454 e. The first-order valence-electron chi connectivity index (χ1n) is 9.36. The molecular weight excluding hydrogens is 388 g/mol. The minimum atomic E-state index is -0.525. The van der Waals surface area contributed by atoms with Crippen LogP contribution in [0.25, 0.3) is 5.13 Å². The molecule has 0 amide bonds. The van der Waals surface area contributed by atoms with Gasteiger partial charge in [-0.25, -0.2) is 9.78 Å². The lowest BCUT2D eigenvalue weighted by molar-refractivity contribution is 0.0474. The van der Waals surface area contributed by atoms with E-state index in [-0.39, 0.29) is 18.5 Å². The summed E-state index contributed by atoms with van der Waals surface area (Å²) in [5.74, 6) is -0.764. The lowest BCUT2D eigenvalue weighted by Gasteiger charge is -2.08. The number of ether oxygens (including phenoxy) is 2. The number of ketones is 1. The van der Waals surface area contributed by atoms with Gasteiger partial charge in [0.25, 0.3) is 0 Å². The molecule has 3 rings (SSSR count). The molecule has 0 spiro atoms. The topological polar surface area (TPSA) is 70.4 Å². The zero-order valence-corrected chi connectivity index (χ0v) is 17.8. The fourth-order valence-corrected chi connectivity index (χ4v) is 3.71. The van der Waals surface area contributed by atoms with Gasteiger partial charge in [-0.2, -0.15) is 0 Å². The Balaban J connectivity index is 1.62. The predicted molar refractivity (Wildman–Crippen MR) is 112 cm³/mol. The summed E-state index contributed by atoms with van der Waals surface area (Å²) in [6, 6.07) is 8.81. The van der Waals surface area contributed by atoms with Crippen molar-refractivity contribution in [2.75, 3.05) is 6.61 Å². The Morgan fingerprint density at radius 3 is 2.52 bits per heavy atom. The van der Waals surface area contributed by atoms with Gasteiger partial charge < -0.3 is 9.47 Å². The molecule has 0 unspecified atom stereocenters. The summed E-state index contributed by atoms with van der Waals surface area (Å²) < 4.78 is 12.7. The Morgan fingerprint density at radius 2 is 1.90 bits per heavy atom. The van der Waals surface area contributed by atoms with Crippen molar-refractivity contribution >= 4 is 23.1 Å². The van der Waals surface area contributed by atoms with Gasteiger partial charge in [-0.1, -0.05) is 12.1 Å². The maximum atomic E-state index is 12.6. The van der Waals surface area contributed by atoms with E-state index in [0.717, 1.165) is 22.1 Å². The van der Waals surface area contributed by atoms with E-state index in [4.69, 9.17) is 9.47 Å². The van der Waals surface area contributed by atoms with Gasteiger partial charge in [-0.15, -0.1) is 11.3 Å². The average Bonchev–Trinajstić information content (AvgIpc) is 3.32. The first-order chi connectivity index (χ1) is 13.9. The van der Waals surface area contributed by atoms with Crippen molar-refractivity contribution in [1.29, 1.82) is 0 Å². The molecule has 29 heavy (non-hydrogen) atoms. The molecule has 6 nitrogen and oxygen atoms in total. The fraction of sp³-hybridized carbons (Fsp3) is 0.318. The van der Waals surface area contributed by atoms with Gasteiger partial charge in [-0.05, 0) is 51.5 Å². The standard InChI is InChI=1S/C22H24N2O4S/c1-14(2)27-12-17-5-7-18(8-6-17)21(26)28-13-20(25)19-11-15(3)24(16(19)4)22-23-9-10-29-22/h5-11,14H,12-13H2,1-4H3. The molecule has 0 bridgehead atoms. The van der Waals surface area contributed by atoms with E-state index < -0.39 is 5.97 Å². The molecule has 0 saturated carbocycles. The number of aromatic nitrogens is 2. The van der Waals surface area contributed by atoms with Gasteiger partial charge in [0.2, 0.25) is 5.78 Å². The second-order valence-electron chi connectivity index (χ2n) is 6.99. The molecule has 0 aliphatic heterocycles. The number of aryl methyl sites for hydroxylation is 1. The van der Waals surface area contributed by atoms with Gasteiger partial charge in [0, 0.05) is 28.5 Å². The third-order valence-electron chi connectivity index (χ3n) is 4.45. The molecule has 0 radical (unpaired) electrons. The van der Waals surface area contributed by atoms with Crippen LogP contribution in [0.15, 0.2) is 41.9 Å². The van der Waals surface area contributed by atoms with Crippen LogP contribution in [0, 0.1) is 13.8 Å². The van der Waals surface area contributed by atoms with Gasteiger partial charge in [0.05, 0.1) is 18.3 Å². The van der Waals surface area contributed by atoms with E-state index in [0.29, 0.717) is 17.7 Å². The van der Waals surface area contributed by atoms with E-state index in [1.807, 2.05) is 49.8 Å². The third kappa shape index (κ3) is 4.99. The van der Waals surface area contributed by atoms with Crippen LogP contribution in [0.3, 0.4) is 0 Å². The van der Waals surface area contributed by atoms with Crippen molar-refractivity contribution in [2.45, 2.75) is 40.4 Å². The third-order valence-corrected chi connectivity index (χ3v) is 5.21. The van der Waals surface area contributed by atoms with E-state index >= 15 is 0 Å². The van der Waals surface area contributed by atoms with Crippen molar-refractivity contribution in [3.63, 3.8) is 0 Å². The molecule has 0 saturated heterocycles. The Bertz CT molecular complexity index is 989. The van der Waals surface area contributed by atoms with Crippen molar-refractivity contribution in [3.8, 4) is 5.13 Å². The van der Waals surface area contributed by atoms with E-state index in [1.54, 1.807) is 24.4 Å². The summed E-state index contributed by atoms with van der Waals surface area (Å²) in [4.78, 5) is 29.2. The highest BCUT2D eigenvalue weighted by Crippen LogP contribution is 2.22. The molecule has 0 aliphatic carbocycles. The number of carbonyl (C=O) groups is 2. The van der Waals surface area contributed by atoms with Crippen LogP contribution in [0.4, 0.5) is 0 Å². The number of nitrogens with zero attached hydrogens (tertiary/aromatic N) is 2. The van der Waals surface area contributed by atoms with Crippen LogP contribution < -0.4 is 0 Å². The zero-order chi connectivity index (χ0) is 21.0. The van der Waals surface area contributed by atoms with Crippen LogP contribution in [0.5, 0.6) is 0 Å². The molecule has 2 aromatic heterocycles. The summed E-state index contributed by atoms with van der Waals surface area (Å²) in [5.41, 5.74) is 3.60. The number of hydrogen-bond acceptors (Lipinski definition) is 6. The number of thiazole rings is 1. The Labute approximate surface area is 174 Å². The number of rotatable bonds is 8. The summed E-state index contributed by atoms with van der Waals surface area (Å²) in [6.07, 6.45) is 1.87. The molecule has 0 fully saturated rings. The van der Waals surface area contributed by atoms with Gasteiger partial charge in [0.1, 0.15) is 0 Å². The minimum Gasteiger partial charge on any atom is -0.454 e. The van der Waals surface area contributed by atoms with Crippen LogP contribution >= 0.6 is 11.3 Å². The first-order valence-corrected chi connectivity index (χ1v) is 10.2. The van der Waals surface area contributed by atoms with Gasteiger partial charge in [-0.3, -0.25) is 9.36 Å². The second kappa shape index (κ2) is 9.15. The molecule has 1 aromatic carbocycles. The van der Waals surface area contributed by atoms with Crippen LogP contribution in [-0.2, 0) is 16.1 Å². The van der Waals surface area contributed by atoms with Gasteiger partial charge >= 0.3 is 5.97 Å². The zero-order valence-electron chi connectivity index (χ0n) is 17.0. The summed E-state index contributed by atoms with van der Waals surface area (Å²) >= 11 is 1.50. The number of carbonyl (C=O) groups excluding carboxylic acids is 2. The predicted octanol–water partition coefficient (Wildman–Crippen LogP) is 4.52. The molecule has 3 aromatic rings. The van der Waals surface area contributed by atoms with Crippen molar-refractivity contribution in [1.82, 2.24) is 9.55 Å². The van der Waals surface area contributed by atoms with Crippen molar-refractivity contribution in [2.24, 2.45) is 0 Å². The van der Waals surface area contributed by atoms with Crippen molar-refractivity contribution in [3.05, 3.63) is 70.0 Å². The highest BCUT2D eigenvalue weighted by molar-refractivity contribution is 7.12. The maximum Gasteiger partial charge on any atom is 0.338 e. The molecule has 0 N–H and O–H groups in total. The Hall–Kier alpha value is -2.77. The summed E-state index contributed by atoms with van der Waals surface area (Å²) in [7, 11) is 0. The van der Waals surface area contributed by atoms with E-state index in [9.17, 15) is 9.59 Å². The number of esters is 1. The average molecular weight is 413 g/mol. The fourth-order valence-electron chi connectivity index (χ4n) is 2.96. The molecule has 152 valence electrons. The molecule has 7 heteroatoms. The summed E-state index contributed by atoms with van der Waals surface area (Å²) in [6.45, 7) is 7.90. The first kappa shape index (κ1) is 21.0. The Kier molecular flexibility index (Phi) is 6.61. The maximum absolute atomic E-state index is 12.6. The monoisotopic (exact) mass is 412 g/mol. The van der Waals surface area contributed by atoms with Crippen LogP contribution in [0.1, 0.15) is 51.5 Å². The molecule has 0 aliphatic rings. The lowest BCUT2D eigenvalue weighted by Crippen LogP contribution is -2.15. The van der Waals surface area contributed by atoms with E-state index in [1.165, 1.54) is 11.3 Å². The number of hydrogen-bond donors (Lipinski definition) is 0. The molecule has 2 heterocycles. The van der Waals surface area contributed by atoms with Gasteiger partial charge in [0.15, 0.2) is 11.7 Å². The molecular formula is C22H24N2O4S. The van der Waals surface area contributed by atoms with Crippen molar-refractivity contribution < 1.29 is 19.1 Å². The highest BCUT2D eigenvalue weighted by atomic mass is 32.1. The minimum absolute atomic E-state index is 0.142. The Morgan fingerprint density at radius 1 is 1.17 bits per heavy atom. The van der Waals surface area contributed by atoms with Crippen LogP contribution in [-0.4, -0.2) is 34.0 Å². The lowest BCUT2D eigenvalue weighted by atomic mass is 10.1. The van der Waals surface area contributed by atoms with E-state index in [2.05, 4.69) is 4.98 Å². The highest BCUT2D eigenvalue weighted by Gasteiger charge is 2.19. The number of benzene rings is 1. The molecule has 0 atom stereocenters. The quantitative estimate of drug-likeness (QED) is 0.402. The van der Waals surface area contributed by atoms with Crippen LogP contribution in [0.2, 0.25) is 0 Å². The summed E-state index contributed by atoms with van der Waals surface area (Å²) in [5, 5.41) is 2.69.